The van der Waals surface area contributed by atoms with Gasteiger partial charge < -0.3 is 4.74 Å². The van der Waals surface area contributed by atoms with Crippen molar-refractivity contribution in [2.75, 3.05) is 0 Å². The molecule has 96 valence electrons. The van der Waals surface area contributed by atoms with Gasteiger partial charge in [-0.3, -0.25) is 10.1 Å². The fourth-order valence-electron chi connectivity index (χ4n) is 5.01. The number of fused-ring (bicyclic) bond motifs is 1. The van der Waals surface area contributed by atoms with Gasteiger partial charge in [0, 0.05) is 23.5 Å². The Morgan fingerprint density at radius 3 is 2.63 bits per heavy atom. The molecule has 0 amide bonds. The van der Waals surface area contributed by atoms with Gasteiger partial charge in [-0.1, -0.05) is 18.2 Å². The summed E-state index contributed by atoms with van der Waals surface area (Å²) in [6.07, 6.45) is 3.97. The van der Waals surface area contributed by atoms with Crippen molar-refractivity contribution < 1.29 is 9.66 Å². The van der Waals surface area contributed by atoms with E-state index in [-0.39, 0.29) is 4.92 Å². The molecule has 4 fully saturated rings. The number of nitrogens with zero attached hydrogens (tertiary/aromatic N) is 1. The highest BCUT2D eigenvalue weighted by molar-refractivity contribution is 5.64. The zero-order valence-corrected chi connectivity index (χ0v) is 10.3. The Hall–Kier alpha value is -1.84. The van der Waals surface area contributed by atoms with Crippen molar-refractivity contribution in [2.45, 2.75) is 18.4 Å². The molecule has 4 saturated carbocycles. The number of hydrogen-bond donors (Lipinski definition) is 0. The summed E-state index contributed by atoms with van der Waals surface area (Å²) in [5.41, 5.74) is 0.512. The van der Waals surface area contributed by atoms with Crippen LogP contribution in [0.2, 0.25) is 0 Å². The van der Waals surface area contributed by atoms with Crippen LogP contribution in [0.4, 0.5) is 0 Å². The summed E-state index contributed by atoms with van der Waals surface area (Å²) in [6, 6.07) is 7.64. The quantitative estimate of drug-likeness (QED) is 0.572. The molecular formula is C15H13NO3. The average molecular weight is 255 g/mol. The molecule has 0 radical (unpaired) electrons. The highest BCUT2D eigenvalue weighted by Gasteiger charge is 2.81. The molecule has 1 aromatic rings. The van der Waals surface area contributed by atoms with E-state index in [1.54, 1.807) is 6.08 Å². The second-order valence-electron chi connectivity index (χ2n) is 6.24. The SMILES string of the molecule is O=[N+]([O-])C1=Cc2ccccc2OC12C1CC3C(C1)C32. The summed E-state index contributed by atoms with van der Waals surface area (Å²) in [4.78, 5) is 11.3. The minimum absolute atomic E-state index is 0.216. The summed E-state index contributed by atoms with van der Waals surface area (Å²) < 4.78 is 6.25. The molecule has 4 aliphatic carbocycles. The number of ether oxygens (including phenoxy) is 1. The lowest BCUT2D eigenvalue weighted by Crippen LogP contribution is -2.46. The molecule has 5 aliphatic rings. The molecule has 1 aromatic carbocycles. The third kappa shape index (κ3) is 0.958. The lowest BCUT2D eigenvalue weighted by Gasteiger charge is -2.34. The maximum absolute atomic E-state index is 11.5. The van der Waals surface area contributed by atoms with Crippen LogP contribution in [0.15, 0.2) is 30.0 Å². The highest BCUT2D eigenvalue weighted by Crippen LogP contribution is 2.77. The van der Waals surface area contributed by atoms with Gasteiger partial charge in [-0.05, 0) is 30.7 Å². The van der Waals surface area contributed by atoms with E-state index in [9.17, 15) is 10.1 Å². The molecule has 1 aliphatic heterocycles. The van der Waals surface area contributed by atoms with E-state index in [1.807, 2.05) is 24.3 Å². The summed E-state index contributed by atoms with van der Waals surface area (Å²) in [5, 5.41) is 11.5. The molecule has 4 heteroatoms. The van der Waals surface area contributed by atoms with Crippen molar-refractivity contribution in [1.82, 2.24) is 0 Å². The zero-order chi connectivity index (χ0) is 12.8. The Labute approximate surface area is 110 Å². The van der Waals surface area contributed by atoms with Gasteiger partial charge in [0.1, 0.15) is 5.75 Å². The van der Waals surface area contributed by atoms with Gasteiger partial charge in [0.15, 0.2) is 0 Å². The van der Waals surface area contributed by atoms with Crippen LogP contribution in [-0.2, 0) is 0 Å². The Kier molecular flexibility index (Phi) is 1.50. The first-order chi connectivity index (χ1) is 9.22. The summed E-state index contributed by atoms with van der Waals surface area (Å²) in [7, 11) is 0. The van der Waals surface area contributed by atoms with Gasteiger partial charge in [0.05, 0.1) is 4.92 Å². The molecule has 3 unspecified atom stereocenters. The lowest BCUT2D eigenvalue weighted by molar-refractivity contribution is -0.443. The monoisotopic (exact) mass is 255 g/mol. The summed E-state index contributed by atoms with van der Waals surface area (Å²) in [5.74, 6) is 2.91. The van der Waals surface area contributed by atoms with Gasteiger partial charge >= 0.3 is 0 Å². The maximum Gasteiger partial charge on any atom is 0.290 e. The molecule has 0 aromatic heterocycles. The van der Waals surface area contributed by atoms with Crippen LogP contribution < -0.4 is 4.74 Å². The molecule has 1 heterocycles. The predicted molar refractivity (Wildman–Crippen MR) is 68.0 cm³/mol. The normalized spacial score (nSPS) is 43.7. The van der Waals surface area contributed by atoms with Gasteiger partial charge in [0.2, 0.25) is 5.60 Å². The Morgan fingerprint density at radius 1 is 1.26 bits per heavy atom. The molecule has 0 N–H and O–H groups in total. The predicted octanol–water partition coefficient (Wildman–Crippen LogP) is 2.72. The molecular weight excluding hydrogens is 242 g/mol. The molecule has 19 heavy (non-hydrogen) atoms. The number of para-hydroxylation sites is 1. The third-order valence-electron chi connectivity index (χ3n) is 5.63. The van der Waals surface area contributed by atoms with E-state index in [2.05, 4.69) is 0 Å². The molecule has 4 bridgehead atoms. The van der Waals surface area contributed by atoms with Crippen molar-refractivity contribution in [2.24, 2.45) is 23.7 Å². The first kappa shape index (κ1) is 10.0. The van der Waals surface area contributed by atoms with Crippen LogP contribution >= 0.6 is 0 Å². The smallest absolute Gasteiger partial charge is 0.290 e. The van der Waals surface area contributed by atoms with Gasteiger partial charge in [0.25, 0.3) is 5.70 Å². The van der Waals surface area contributed by atoms with Crippen LogP contribution in [-0.4, -0.2) is 10.5 Å². The van der Waals surface area contributed by atoms with Gasteiger partial charge in [-0.25, -0.2) is 0 Å². The molecule has 4 nitrogen and oxygen atoms in total. The maximum atomic E-state index is 11.5. The van der Waals surface area contributed by atoms with Crippen LogP contribution in [0.3, 0.4) is 0 Å². The van der Waals surface area contributed by atoms with E-state index >= 15 is 0 Å². The van der Waals surface area contributed by atoms with Crippen molar-refractivity contribution in [1.29, 1.82) is 0 Å². The van der Waals surface area contributed by atoms with Crippen LogP contribution in [0.25, 0.3) is 6.08 Å². The number of nitro groups is 1. The molecule has 6 rings (SSSR count). The minimum Gasteiger partial charge on any atom is -0.475 e. The largest absolute Gasteiger partial charge is 0.475 e. The van der Waals surface area contributed by atoms with Gasteiger partial charge in [-0.2, -0.15) is 0 Å². The van der Waals surface area contributed by atoms with E-state index < -0.39 is 5.60 Å². The summed E-state index contributed by atoms with van der Waals surface area (Å²) in [6.45, 7) is 0. The third-order valence-corrected chi connectivity index (χ3v) is 5.63. The number of benzene rings is 1. The van der Waals surface area contributed by atoms with Crippen molar-refractivity contribution >= 4 is 6.08 Å². The fraction of sp³-hybridized carbons (Fsp3) is 0.467. The standard InChI is InChI=1S/C15H13NO3/c17-16(18)13-5-8-3-1-2-4-12(8)19-15(13)9-6-10-11(7-9)14(10)15/h1-5,9-11,14H,6-7H2. The van der Waals surface area contributed by atoms with E-state index in [0.717, 1.165) is 24.2 Å². The van der Waals surface area contributed by atoms with Crippen LogP contribution in [0.1, 0.15) is 18.4 Å². The van der Waals surface area contributed by atoms with Crippen LogP contribution in [0.5, 0.6) is 5.75 Å². The first-order valence-corrected chi connectivity index (χ1v) is 6.86. The fourth-order valence-corrected chi connectivity index (χ4v) is 5.01. The highest BCUT2D eigenvalue weighted by atomic mass is 16.6. The Balaban J connectivity index is 1.74. The van der Waals surface area contributed by atoms with E-state index in [1.165, 1.54) is 0 Å². The molecule has 3 atom stereocenters. The van der Waals surface area contributed by atoms with Crippen LogP contribution in [0, 0.1) is 33.8 Å². The molecule has 1 spiro atoms. The topological polar surface area (TPSA) is 52.4 Å². The zero-order valence-electron chi connectivity index (χ0n) is 10.3. The molecule has 0 saturated heterocycles. The minimum atomic E-state index is -0.618. The van der Waals surface area contributed by atoms with Crippen molar-refractivity contribution in [3.8, 4) is 5.75 Å². The Morgan fingerprint density at radius 2 is 2.00 bits per heavy atom. The van der Waals surface area contributed by atoms with E-state index in [0.29, 0.717) is 29.4 Å². The lowest BCUT2D eigenvalue weighted by atomic mass is 9.85. The second kappa shape index (κ2) is 2.84. The number of hydrogen-bond acceptors (Lipinski definition) is 3. The number of rotatable bonds is 1. The van der Waals surface area contributed by atoms with Crippen molar-refractivity contribution in [3.05, 3.63) is 45.6 Å². The van der Waals surface area contributed by atoms with Crippen molar-refractivity contribution in [3.63, 3.8) is 0 Å². The van der Waals surface area contributed by atoms with Gasteiger partial charge in [-0.15, -0.1) is 0 Å². The average Bonchev–Trinajstić information content (AvgIpc) is 2.73. The Bertz CT molecular complexity index is 637. The first-order valence-electron chi connectivity index (χ1n) is 6.86. The second-order valence-corrected chi connectivity index (χ2v) is 6.24. The summed E-state index contributed by atoms with van der Waals surface area (Å²) >= 11 is 0. The van der Waals surface area contributed by atoms with E-state index in [4.69, 9.17) is 4.74 Å².